The van der Waals surface area contributed by atoms with Crippen LogP contribution in [0, 0.1) is 0 Å². The van der Waals surface area contributed by atoms with Crippen molar-refractivity contribution in [1.82, 2.24) is 0 Å². The number of carboxylic acids is 1. The van der Waals surface area contributed by atoms with E-state index >= 15 is 0 Å². The first-order valence-corrected chi connectivity index (χ1v) is 6.37. The normalized spacial score (nSPS) is 16.4. The Bertz CT molecular complexity index is 466. The highest BCUT2D eigenvalue weighted by atomic mass is 79.9. The van der Waals surface area contributed by atoms with E-state index in [1.165, 1.54) is 0 Å². The van der Waals surface area contributed by atoms with Crippen molar-refractivity contribution in [2.75, 3.05) is 6.61 Å². The zero-order chi connectivity index (χ0) is 12.6. The number of ether oxygens (including phenoxy) is 1. The van der Waals surface area contributed by atoms with Gasteiger partial charge >= 0.3 is 5.97 Å². The van der Waals surface area contributed by atoms with Crippen molar-refractivity contribution < 1.29 is 14.6 Å². The first-order valence-electron chi connectivity index (χ1n) is 5.57. The number of fused-ring (bicyclic) bond motifs is 1. The molecule has 2 rings (SSSR count). The molecule has 1 heterocycles. The summed E-state index contributed by atoms with van der Waals surface area (Å²) in [5.41, 5.74) is 2.13. The van der Waals surface area contributed by atoms with Gasteiger partial charge < -0.3 is 9.84 Å². The monoisotopic (exact) mass is 298 g/mol. The maximum absolute atomic E-state index is 10.6. The zero-order valence-electron chi connectivity index (χ0n) is 9.92. The van der Waals surface area contributed by atoms with Crippen LogP contribution in [0.2, 0.25) is 0 Å². The molecule has 0 saturated carbocycles. The van der Waals surface area contributed by atoms with Crippen molar-refractivity contribution in [2.24, 2.45) is 0 Å². The number of aliphatic carboxylic acids is 1. The molecule has 1 N–H and O–H groups in total. The van der Waals surface area contributed by atoms with E-state index < -0.39 is 5.97 Å². The Kier molecular flexibility index (Phi) is 3.17. The molecule has 0 atom stereocenters. The molecule has 0 amide bonds. The van der Waals surface area contributed by atoms with Crippen LogP contribution in [0.4, 0.5) is 0 Å². The Labute approximate surface area is 109 Å². The quantitative estimate of drug-likeness (QED) is 0.932. The zero-order valence-corrected chi connectivity index (χ0v) is 11.5. The average molecular weight is 299 g/mol. The van der Waals surface area contributed by atoms with E-state index in [4.69, 9.17) is 9.84 Å². The van der Waals surface area contributed by atoms with Crippen LogP contribution in [-0.2, 0) is 16.6 Å². The molecule has 0 aliphatic carbocycles. The van der Waals surface area contributed by atoms with Gasteiger partial charge in [0.1, 0.15) is 5.75 Å². The number of hydrogen-bond donors (Lipinski definition) is 1. The molecular formula is C13H15BrO3. The molecule has 3 nitrogen and oxygen atoms in total. The topological polar surface area (TPSA) is 46.5 Å². The smallest absolute Gasteiger partial charge is 0.303 e. The molecule has 1 aromatic rings. The molecule has 1 aliphatic rings. The van der Waals surface area contributed by atoms with E-state index in [0.29, 0.717) is 13.0 Å². The lowest BCUT2D eigenvalue weighted by Gasteiger charge is -2.15. The van der Waals surface area contributed by atoms with Gasteiger partial charge in [0.05, 0.1) is 6.61 Å². The summed E-state index contributed by atoms with van der Waals surface area (Å²) in [6.07, 6.45) is 0.639. The number of halogens is 1. The minimum absolute atomic E-state index is 0.00289. The van der Waals surface area contributed by atoms with E-state index in [1.54, 1.807) is 0 Å². The molecule has 0 saturated heterocycles. The summed E-state index contributed by atoms with van der Waals surface area (Å²) in [7, 11) is 0. The summed E-state index contributed by atoms with van der Waals surface area (Å²) >= 11 is 3.47. The molecule has 17 heavy (non-hydrogen) atoms. The number of benzene rings is 1. The van der Waals surface area contributed by atoms with Gasteiger partial charge in [-0.05, 0) is 24.1 Å². The standard InChI is InChI=1S/C13H15BrO3/c1-13(2)7-17-12-8(3-4-11(15)16)5-9(14)6-10(12)13/h5-6H,3-4,7H2,1-2H3,(H,15,16). The van der Waals surface area contributed by atoms with Gasteiger partial charge in [-0.15, -0.1) is 0 Å². The van der Waals surface area contributed by atoms with Crippen LogP contribution < -0.4 is 4.74 Å². The van der Waals surface area contributed by atoms with E-state index in [2.05, 4.69) is 35.8 Å². The first kappa shape index (κ1) is 12.4. The highest BCUT2D eigenvalue weighted by Gasteiger charge is 2.33. The highest BCUT2D eigenvalue weighted by Crippen LogP contribution is 2.42. The SMILES string of the molecule is CC1(C)COc2c(CCC(=O)O)cc(Br)cc21. The molecule has 0 bridgehead atoms. The summed E-state index contributed by atoms with van der Waals surface area (Å²) in [5, 5.41) is 8.74. The fourth-order valence-electron chi connectivity index (χ4n) is 2.08. The Morgan fingerprint density at radius 1 is 1.53 bits per heavy atom. The van der Waals surface area contributed by atoms with Crippen molar-refractivity contribution in [1.29, 1.82) is 0 Å². The first-order chi connectivity index (χ1) is 7.90. The molecule has 0 unspecified atom stereocenters. The van der Waals surface area contributed by atoms with Crippen LogP contribution in [-0.4, -0.2) is 17.7 Å². The largest absolute Gasteiger partial charge is 0.492 e. The summed E-state index contributed by atoms with van der Waals surface area (Å²) in [6.45, 7) is 4.91. The minimum Gasteiger partial charge on any atom is -0.492 e. The molecule has 0 fully saturated rings. The van der Waals surface area contributed by atoms with Crippen molar-refractivity contribution in [2.45, 2.75) is 32.1 Å². The van der Waals surface area contributed by atoms with Crippen molar-refractivity contribution in [3.63, 3.8) is 0 Å². The number of carboxylic acid groups (broad SMARTS) is 1. The number of hydrogen-bond acceptors (Lipinski definition) is 2. The predicted octanol–water partition coefficient (Wildman–Crippen LogP) is 3.14. The third-order valence-electron chi connectivity index (χ3n) is 3.05. The Morgan fingerprint density at radius 3 is 2.88 bits per heavy atom. The van der Waals surface area contributed by atoms with Crippen molar-refractivity contribution >= 4 is 21.9 Å². The second kappa shape index (κ2) is 4.33. The Balaban J connectivity index is 2.38. The van der Waals surface area contributed by atoms with Crippen molar-refractivity contribution in [3.05, 3.63) is 27.7 Å². The fourth-order valence-corrected chi connectivity index (χ4v) is 2.59. The maximum Gasteiger partial charge on any atom is 0.303 e. The van der Waals surface area contributed by atoms with Gasteiger partial charge in [0.2, 0.25) is 0 Å². The van der Waals surface area contributed by atoms with Crippen LogP contribution in [0.5, 0.6) is 5.75 Å². The van der Waals surface area contributed by atoms with Gasteiger partial charge in [0.15, 0.2) is 0 Å². The Morgan fingerprint density at radius 2 is 2.24 bits per heavy atom. The highest BCUT2D eigenvalue weighted by molar-refractivity contribution is 9.10. The third-order valence-corrected chi connectivity index (χ3v) is 3.50. The number of rotatable bonds is 3. The van der Waals surface area contributed by atoms with Crippen LogP contribution >= 0.6 is 15.9 Å². The second-order valence-corrected chi connectivity index (χ2v) is 5.92. The molecular weight excluding hydrogens is 284 g/mol. The van der Waals surface area contributed by atoms with E-state index in [-0.39, 0.29) is 11.8 Å². The Hall–Kier alpha value is -1.03. The lowest BCUT2D eigenvalue weighted by molar-refractivity contribution is -0.136. The summed E-state index contributed by atoms with van der Waals surface area (Å²) in [4.78, 5) is 10.6. The maximum atomic E-state index is 10.6. The van der Waals surface area contributed by atoms with Gasteiger partial charge in [-0.2, -0.15) is 0 Å². The molecule has 4 heteroatoms. The van der Waals surface area contributed by atoms with E-state index in [0.717, 1.165) is 21.3 Å². The molecule has 0 radical (unpaired) electrons. The number of aryl methyl sites for hydroxylation is 1. The fraction of sp³-hybridized carbons (Fsp3) is 0.462. The second-order valence-electron chi connectivity index (χ2n) is 5.01. The average Bonchev–Trinajstić information content (AvgIpc) is 2.52. The molecule has 1 aromatic carbocycles. The van der Waals surface area contributed by atoms with E-state index in [9.17, 15) is 4.79 Å². The van der Waals surface area contributed by atoms with Gasteiger partial charge in [-0.3, -0.25) is 4.79 Å². The lowest BCUT2D eigenvalue weighted by atomic mass is 9.86. The van der Waals surface area contributed by atoms with Crippen LogP contribution in [0.3, 0.4) is 0 Å². The lowest BCUT2D eigenvalue weighted by Crippen LogP contribution is -2.18. The number of carbonyl (C=O) groups is 1. The van der Waals surface area contributed by atoms with Gasteiger partial charge in [-0.25, -0.2) is 0 Å². The summed E-state index contributed by atoms with van der Waals surface area (Å²) in [5.74, 6) is 0.0930. The van der Waals surface area contributed by atoms with Gasteiger partial charge in [0.25, 0.3) is 0 Å². The van der Waals surface area contributed by atoms with Gasteiger partial charge in [0, 0.05) is 21.9 Å². The summed E-state index contributed by atoms with van der Waals surface area (Å²) in [6, 6.07) is 4.01. The molecule has 1 aliphatic heterocycles. The molecule has 0 spiro atoms. The van der Waals surface area contributed by atoms with Crippen molar-refractivity contribution in [3.8, 4) is 5.75 Å². The third kappa shape index (κ3) is 2.46. The van der Waals surface area contributed by atoms with Crippen LogP contribution in [0.15, 0.2) is 16.6 Å². The van der Waals surface area contributed by atoms with Crippen LogP contribution in [0.25, 0.3) is 0 Å². The molecule has 0 aromatic heterocycles. The minimum atomic E-state index is -0.781. The molecule has 92 valence electrons. The van der Waals surface area contributed by atoms with Gasteiger partial charge in [-0.1, -0.05) is 29.8 Å². The van der Waals surface area contributed by atoms with E-state index in [1.807, 2.05) is 6.07 Å². The predicted molar refractivity (Wildman–Crippen MR) is 68.6 cm³/mol. The summed E-state index contributed by atoms with van der Waals surface area (Å²) < 4.78 is 6.70. The van der Waals surface area contributed by atoms with Crippen LogP contribution in [0.1, 0.15) is 31.4 Å².